The molecule has 0 bridgehead atoms. The smallest absolute Gasteiger partial charge is 0.248 e. The minimum absolute atomic E-state index is 0.0875. The second-order valence-electron chi connectivity index (χ2n) is 5.14. The number of carbonyl (C=O) groups is 1. The summed E-state index contributed by atoms with van der Waals surface area (Å²) in [5, 5.41) is 14.6. The van der Waals surface area contributed by atoms with E-state index in [-0.39, 0.29) is 12.3 Å². The summed E-state index contributed by atoms with van der Waals surface area (Å²) in [5.74, 6) is 0.638. The van der Waals surface area contributed by atoms with Crippen LogP contribution in [-0.4, -0.2) is 16.1 Å². The highest BCUT2D eigenvalue weighted by atomic mass is 32.1. The van der Waals surface area contributed by atoms with E-state index in [2.05, 4.69) is 34.6 Å². The second kappa shape index (κ2) is 7.19. The molecule has 3 rings (SSSR count). The Hall–Kier alpha value is -2.47. The highest BCUT2D eigenvalue weighted by Crippen LogP contribution is 2.20. The van der Waals surface area contributed by atoms with Crippen molar-refractivity contribution < 1.29 is 9.21 Å². The summed E-state index contributed by atoms with van der Waals surface area (Å²) < 4.78 is 5.50. The summed E-state index contributed by atoms with van der Waals surface area (Å²) in [6.45, 7) is 2.61. The molecule has 0 aliphatic heterocycles. The molecule has 1 aromatic carbocycles. The van der Waals surface area contributed by atoms with E-state index in [1.165, 1.54) is 5.56 Å². The Kier molecular flexibility index (Phi) is 4.83. The van der Waals surface area contributed by atoms with Gasteiger partial charge in [-0.2, -0.15) is 11.3 Å². The van der Waals surface area contributed by atoms with Crippen LogP contribution in [0.5, 0.6) is 0 Å². The van der Waals surface area contributed by atoms with E-state index in [0.717, 1.165) is 17.5 Å². The van der Waals surface area contributed by atoms with Gasteiger partial charge in [0.05, 0.1) is 0 Å². The number of nitrogens with zero attached hydrogens (tertiary/aromatic N) is 2. The van der Waals surface area contributed by atoms with Crippen LogP contribution in [0.15, 0.2) is 45.5 Å². The van der Waals surface area contributed by atoms with Crippen LogP contribution in [0, 0.1) is 0 Å². The van der Waals surface area contributed by atoms with E-state index in [1.54, 1.807) is 11.3 Å². The van der Waals surface area contributed by atoms with Crippen molar-refractivity contribution in [1.82, 2.24) is 15.5 Å². The fraction of sp³-hybridized carbons (Fsp3) is 0.235. The molecular formula is C17H17N3O2S. The van der Waals surface area contributed by atoms with E-state index >= 15 is 0 Å². The molecule has 0 aliphatic carbocycles. The number of thiophene rings is 1. The van der Waals surface area contributed by atoms with Gasteiger partial charge in [0, 0.05) is 17.5 Å². The molecule has 0 saturated carbocycles. The van der Waals surface area contributed by atoms with Crippen LogP contribution >= 0.6 is 11.3 Å². The maximum Gasteiger partial charge on any atom is 0.248 e. The van der Waals surface area contributed by atoms with Gasteiger partial charge >= 0.3 is 0 Å². The van der Waals surface area contributed by atoms with Crippen molar-refractivity contribution in [2.75, 3.05) is 0 Å². The maximum absolute atomic E-state index is 12.0. The molecule has 2 heterocycles. The Labute approximate surface area is 138 Å². The molecule has 0 saturated heterocycles. The van der Waals surface area contributed by atoms with Crippen molar-refractivity contribution in [3.05, 3.63) is 58.1 Å². The van der Waals surface area contributed by atoms with Crippen molar-refractivity contribution in [2.24, 2.45) is 0 Å². The first kappa shape index (κ1) is 15.4. The summed E-state index contributed by atoms with van der Waals surface area (Å²) in [6.07, 6.45) is 1.10. The van der Waals surface area contributed by atoms with E-state index in [1.807, 2.05) is 29.0 Å². The van der Waals surface area contributed by atoms with E-state index in [0.29, 0.717) is 18.3 Å². The van der Waals surface area contributed by atoms with Gasteiger partial charge in [-0.1, -0.05) is 31.2 Å². The molecule has 0 spiro atoms. The van der Waals surface area contributed by atoms with Crippen molar-refractivity contribution in [3.63, 3.8) is 0 Å². The third-order valence-corrected chi connectivity index (χ3v) is 4.15. The van der Waals surface area contributed by atoms with Gasteiger partial charge in [-0.15, -0.1) is 10.2 Å². The molecule has 0 aliphatic rings. The van der Waals surface area contributed by atoms with Crippen molar-refractivity contribution >= 4 is 17.2 Å². The fourth-order valence-electron chi connectivity index (χ4n) is 2.12. The number of hydrogen-bond donors (Lipinski definition) is 1. The van der Waals surface area contributed by atoms with Gasteiger partial charge in [0.15, 0.2) is 0 Å². The lowest BCUT2D eigenvalue weighted by Gasteiger charge is -2.04. The van der Waals surface area contributed by atoms with Crippen molar-refractivity contribution in [2.45, 2.75) is 26.3 Å². The monoisotopic (exact) mass is 327 g/mol. The van der Waals surface area contributed by atoms with Gasteiger partial charge in [0.25, 0.3) is 0 Å². The number of benzene rings is 1. The van der Waals surface area contributed by atoms with Gasteiger partial charge < -0.3 is 9.73 Å². The lowest BCUT2D eigenvalue weighted by molar-refractivity contribution is -0.120. The predicted molar refractivity (Wildman–Crippen MR) is 89.0 cm³/mol. The molecular weight excluding hydrogens is 310 g/mol. The quantitative estimate of drug-likeness (QED) is 0.755. The molecule has 0 atom stereocenters. The Morgan fingerprint density at radius 3 is 2.65 bits per heavy atom. The summed E-state index contributed by atoms with van der Waals surface area (Å²) in [6, 6.07) is 10.1. The van der Waals surface area contributed by atoms with Crippen molar-refractivity contribution in [1.29, 1.82) is 0 Å². The normalized spacial score (nSPS) is 10.7. The highest BCUT2D eigenvalue weighted by molar-refractivity contribution is 7.08. The average molecular weight is 327 g/mol. The molecule has 1 amide bonds. The lowest BCUT2D eigenvalue weighted by Crippen LogP contribution is -2.24. The van der Waals surface area contributed by atoms with Crippen LogP contribution in [0.3, 0.4) is 0 Å². The zero-order chi connectivity index (χ0) is 16.1. The van der Waals surface area contributed by atoms with Gasteiger partial charge in [-0.25, -0.2) is 0 Å². The molecule has 1 N–H and O–H groups in total. The topological polar surface area (TPSA) is 68.0 Å². The van der Waals surface area contributed by atoms with E-state index in [9.17, 15) is 4.79 Å². The molecule has 5 nitrogen and oxygen atoms in total. The fourth-order valence-corrected chi connectivity index (χ4v) is 2.75. The summed E-state index contributed by atoms with van der Waals surface area (Å²) >= 11 is 1.56. The molecule has 0 radical (unpaired) electrons. The standard InChI is InChI=1S/C17H17N3O2S/c1-2-12-3-5-13(6-4-12)10-18-15(21)9-16-19-20-17(22-16)14-7-8-23-11-14/h3-8,11H,2,9-10H2,1H3,(H,18,21). The average Bonchev–Trinajstić information content (AvgIpc) is 3.24. The van der Waals surface area contributed by atoms with Gasteiger partial charge in [-0.3, -0.25) is 4.79 Å². The van der Waals surface area contributed by atoms with Crippen LogP contribution < -0.4 is 5.32 Å². The summed E-state index contributed by atoms with van der Waals surface area (Å²) in [7, 11) is 0. The van der Waals surface area contributed by atoms with Crippen molar-refractivity contribution in [3.8, 4) is 11.5 Å². The molecule has 3 aromatic rings. The lowest BCUT2D eigenvalue weighted by atomic mass is 10.1. The Balaban J connectivity index is 1.53. The first-order chi connectivity index (χ1) is 11.2. The Bertz CT molecular complexity index is 764. The first-order valence-corrected chi connectivity index (χ1v) is 8.38. The summed E-state index contributed by atoms with van der Waals surface area (Å²) in [4.78, 5) is 12.0. The maximum atomic E-state index is 12.0. The third kappa shape index (κ3) is 4.04. The number of amides is 1. The molecule has 2 aromatic heterocycles. The Morgan fingerprint density at radius 2 is 1.96 bits per heavy atom. The number of aryl methyl sites for hydroxylation is 1. The van der Waals surface area contributed by atoms with Crippen LogP contribution in [0.4, 0.5) is 0 Å². The zero-order valence-corrected chi connectivity index (χ0v) is 13.6. The number of carbonyl (C=O) groups excluding carboxylic acids is 1. The zero-order valence-electron chi connectivity index (χ0n) is 12.8. The minimum atomic E-state index is -0.134. The first-order valence-electron chi connectivity index (χ1n) is 7.44. The van der Waals surface area contributed by atoms with E-state index < -0.39 is 0 Å². The van der Waals surface area contributed by atoms with Gasteiger partial charge in [0.2, 0.25) is 17.7 Å². The minimum Gasteiger partial charge on any atom is -0.420 e. The second-order valence-corrected chi connectivity index (χ2v) is 5.92. The van der Waals surface area contributed by atoms with Crippen LogP contribution in [0.1, 0.15) is 23.9 Å². The molecule has 6 heteroatoms. The molecule has 0 unspecified atom stereocenters. The van der Waals surface area contributed by atoms with Crippen LogP contribution in [0.25, 0.3) is 11.5 Å². The van der Waals surface area contributed by atoms with Gasteiger partial charge in [-0.05, 0) is 29.0 Å². The third-order valence-electron chi connectivity index (χ3n) is 3.47. The number of nitrogens with one attached hydrogen (secondary N) is 1. The van der Waals surface area contributed by atoms with E-state index in [4.69, 9.17) is 4.42 Å². The molecule has 0 fully saturated rings. The van der Waals surface area contributed by atoms with Crippen LogP contribution in [-0.2, 0) is 24.2 Å². The predicted octanol–water partition coefficient (Wildman–Crippen LogP) is 3.22. The largest absolute Gasteiger partial charge is 0.420 e. The SMILES string of the molecule is CCc1ccc(CNC(=O)Cc2nnc(-c3ccsc3)o2)cc1. The van der Waals surface area contributed by atoms with Gasteiger partial charge in [0.1, 0.15) is 6.42 Å². The number of rotatable bonds is 6. The summed E-state index contributed by atoms with van der Waals surface area (Å²) in [5.41, 5.74) is 3.23. The number of hydrogen-bond acceptors (Lipinski definition) is 5. The number of aromatic nitrogens is 2. The molecule has 23 heavy (non-hydrogen) atoms. The van der Waals surface area contributed by atoms with Crippen LogP contribution in [0.2, 0.25) is 0 Å². The Morgan fingerprint density at radius 1 is 1.17 bits per heavy atom. The highest BCUT2D eigenvalue weighted by Gasteiger charge is 2.12. The molecule has 118 valence electrons.